The third kappa shape index (κ3) is 6.17. The lowest BCUT2D eigenvalue weighted by atomic mass is 10.0. The molecule has 1 fully saturated rings. The van der Waals surface area contributed by atoms with Gasteiger partial charge in [-0.05, 0) is 36.1 Å². The molecule has 2 aromatic carbocycles. The first kappa shape index (κ1) is 19.5. The van der Waals surface area contributed by atoms with Crippen molar-refractivity contribution in [2.24, 2.45) is 5.73 Å². The number of morpholine rings is 1. The van der Waals surface area contributed by atoms with Gasteiger partial charge in [-0.3, -0.25) is 9.69 Å². The fourth-order valence-electron chi connectivity index (χ4n) is 3.28. The summed E-state index contributed by atoms with van der Waals surface area (Å²) in [6.45, 7) is 5.22. The second kappa shape index (κ2) is 10.2. The van der Waals surface area contributed by atoms with Gasteiger partial charge in [0.2, 0.25) is 5.91 Å². The Kier molecular flexibility index (Phi) is 7.39. The standard InChI is InChI=1S/C22H29N3O2/c23-21(22(26)24-11-4-12-25-13-15-27-16-14-25)17-18-7-9-20(10-8-18)19-5-2-1-3-6-19/h1-3,5-10,21H,4,11-17,23H2,(H,24,26)/t21-/m0/s1. The summed E-state index contributed by atoms with van der Waals surface area (Å²) in [5.74, 6) is -0.0795. The highest BCUT2D eigenvalue weighted by Gasteiger charge is 2.14. The van der Waals surface area contributed by atoms with Crippen LogP contribution in [0.2, 0.25) is 0 Å². The first-order valence-corrected chi connectivity index (χ1v) is 9.70. The molecule has 0 saturated carbocycles. The fraction of sp³-hybridized carbons (Fsp3) is 0.409. The molecule has 1 atom stereocenters. The van der Waals surface area contributed by atoms with Gasteiger partial charge in [0.15, 0.2) is 0 Å². The van der Waals surface area contributed by atoms with Crippen molar-refractivity contribution in [2.45, 2.75) is 18.9 Å². The fourth-order valence-corrected chi connectivity index (χ4v) is 3.28. The van der Waals surface area contributed by atoms with Gasteiger partial charge in [-0.15, -0.1) is 0 Å². The van der Waals surface area contributed by atoms with Crippen molar-refractivity contribution in [3.8, 4) is 11.1 Å². The summed E-state index contributed by atoms with van der Waals surface area (Å²) in [5.41, 5.74) is 9.51. The van der Waals surface area contributed by atoms with E-state index in [-0.39, 0.29) is 5.91 Å². The van der Waals surface area contributed by atoms with Crippen molar-refractivity contribution >= 4 is 5.91 Å². The van der Waals surface area contributed by atoms with E-state index in [1.165, 1.54) is 11.1 Å². The van der Waals surface area contributed by atoms with Crippen LogP contribution < -0.4 is 11.1 Å². The summed E-state index contributed by atoms with van der Waals surface area (Å²) in [5, 5.41) is 2.96. The van der Waals surface area contributed by atoms with Crippen molar-refractivity contribution in [1.82, 2.24) is 10.2 Å². The highest BCUT2D eigenvalue weighted by molar-refractivity contribution is 5.81. The lowest BCUT2D eigenvalue weighted by molar-refractivity contribution is -0.122. The maximum atomic E-state index is 12.2. The third-order valence-corrected chi connectivity index (χ3v) is 4.91. The average molecular weight is 367 g/mol. The predicted molar refractivity (Wildman–Crippen MR) is 108 cm³/mol. The van der Waals surface area contributed by atoms with Gasteiger partial charge in [-0.25, -0.2) is 0 Å². The predicted octanol–water partition coefficient (Wildman–Crippen LogP) is 2.06. The van der Waals surface area contributed by atoms with Crippen LogP contribution in [0.4, 0.5) is 0 Å². The number of nitrogens with one attached hydrogen (secondary N) is 1. The zero-order valence-corrected chi connectivity index (χ0v) is 15.8. The Morgan fingerprint density at radius 3 is 2.41 bits per heavy atom. The molecule has 1 amide bonds. The van der Waals surface area contributed by atoms with Gasteiger partial charge >= 0.3 is 0 Å². The van der Waals surface area contributed by atoms with Gasteiger partial charge in [0.1, 0.15) is 0 Å². The summed E-state index contributed by atoms with van der Waals surface area (Å²) in [7, 11) is 0. The number of hydrogen-bond acceptors (Lipinski definition) is 4. The number of nitrogens with zero attached hydrogens (tertiary/aromatic N) is 1. The Morgan fingerprint density at radius 2 is 1.70 bits per heavy atom. The second-order valence-corrected chi connectivity index (χ2v) is 6.97. The van der Waals surface area contributed by atoms with Gasteiger partial charge in [0.25, 0.3) is 0 Å². The largest absolute Gasteiger partial charge is 0.379 e. The summed E-state index contributed by atoms with van der Waals surface area (Å²) in [4.78, 5) is 14.6. The van der Waals surface area contributed by atoms with E-state index in [1.54, 1.807) is 0 Å². The van der Waals surface area contributed by atoms with Crippen LogP contribution in [0.1, 0.15) is 12.0 Å². The molecule has 1 saturated heterocycles. The Balaban J connectivity index is 1.40. The van der Waals surface area contributed by atoms with E-state index >= 15 is 0 Å². The van der Waals surface area contributed by atoms with Gasteiger partial charge in [0.05, 0.1) is 19.3 Å². The average Bonchev–Trinajstić information content (AvgIpc) is 2.73. The highest BCUT2D eigenvalue weighted by Crippen LogP contribution is 2.19. The van der Waals surface area contributed by atoms with Gasteiger partial charge < -0.3 is 15.8 Å². The van der Waals surface area contributed by atoms with Crippen molar-refractivity contribution < 1.29 is 9.53 Å². The zero-order chi connectivity index (χ0) is 18.9. The number of benzene rings is 2. The summed E-state index contributed by atoms with van der Waals surface area (Å²) in [6, 6.07) is 18.0. The van der Waals surface area contributed by atoms with E-state index in [2.05, 4.69) is 34.5 Å². The van der Waals surface area contributed by atoms with Crippen LogP contribution >= 0.6 is 0 Å². The molecule has 3 N–H and O–H groups in total. The molecule has 5 heteroatoms. The SMILES string of the molecule is N[C@@H](Cc1ccc(-c2ccccc2)cc1)C(=O)NCCCN1CCOCC1. The third-order valence-electron chi connectivity index (χ3n) is 4.91. The maximum Gasteiger partial charge on any atom is 0.237 e. The highest BCUT2D eigenvalue weighted by atomic mass is 16.5. The molecule has 1 heterocycles. The molecule has 0 aromatic heterocycles. The number of carbonyl (C=O) groups excluding carboxylic acids is 1. The Hall–Kier alpha value is -2.21. The molecule has 5 nitrogen and oxygen atoms in total. The molecule has 0 aliphatic carbocycles. The van der Waals surface area contributed by atoms with Crippen LogP contribution in [0.25, 0.3) is 11.1 Å². The van der Waals surface area contributed by atoms with Crippen molar-refractivity contribution in [1.29, 1.82) is 0 Å². The Morgan fingerprint density at radius 1 is 1.04 bits per heavy atom. The van der Waals surface area contributed by atoms with Gasteiger partial charge in [0, 0.05) is 19.6 Å². The number of ether oxygens (including phenoxy) is 1. The van der Waals surface area contributed by atoms with Crippen LogP contribution in [0.5, 0.6) is 0 Å². The topological polar surface area (TPSA) is 67.6 Å². The minimum Gasteiger partial charge on any atom is -0.379 e. The number of amides is 1. The molecule has 0 radical (unpaired) electrons. The number of rotatable bonds is 8. The lowest BCUT2D eigenvalue weighted by Crippen LogP contribution is -2.43. The summed E-state index contributed by atoms with van der Waals surface area (Å²) >= 11 is 0. The minimum atomic E-state index is -0.518. The minimum absolute atomic E-state index is 0.0795. The van der Waals surface area contributed by atoms with Crippen LogP contribution in [-0.2, 0) is 16.0 Å². The molecule has 2 aromatic rings. The van der Waals surface area contributed by atoms with E-state index in [9.17, 15) is 4.79 Å². The molecule has 0 bridgehead atoms. The first-order chi connectivity index (χ1) is 13.2. The van der Waals surface area contributed by atoms with E-state index in [4.69, 9.17) is 10.5 Å². The molecule has 0 unspecified atom stereocenters. The van der Waals surface area contributed by atoms with Crippen molar-refractivity contribution in [3.63, 3.8) is 0 Å². The van der Waals surface area contributed by atoms with E-state index in [1.807, 2.05) is 30.3 Å². The van der Waals surface area contributed by atoms with Gasteiger partial charge in [-0.2, -0.15) is 0 Å². The van der Waals surface area contributed by atoms with Crippen LogP contribution in [0, 0.1) is 0 Å². The molecule has 27 heavy (non-hydrogen) atoms. The van der Waals surface area contributed by atoms with E-state index < -0.39 is 6.04 Å². The molecule has 1 aliphatic heterocycles. The van der Waals surface area contributed by atoms with Crippen molar-refractivity contribution in [2.75, 3.05) is 39.4 Å². The summed E-state index contributed by atoms with van der Waals surface area (Å²) in [6.07, 6.45) is 1.48. The first-order valence-electron chi connectivity index (χ1n) is 9.70. The summed E-state index contributed by atoms with van der Waals surface area (Å²) < 4.78 is 5.34. The van der Waals surface area contributed by atoms with E-state index in [0.717, 1.165) is 44.8 Å². The molecular weight excluding hydrogens is 338 g/mol. The molecule has 144 valence electrons. The molecule has 1 aliphatic rings. The molecule has 0 spiro atoms. The molecule has 3 rings (SSSR count). The molecular formula is C22H29N3O2. The smallest absolute Gasteiger partial charge is 0.237 e. The lowest BCUT2D eigenvalue weighted by Gasteiger charge is -2.26. The normalized spacial score (nSPS) is 16.0. The Bertz CT molecular complexity index is 697. The Labute approximate surface area is 161 Å². The maximum absolute atomic E-state index is 12.2. The van der Waals surface area contributed by atoms with Gasteiger partial charge in [-0.1, -0.05) is 54.6 Å². The van der Waals surface area contributed by atoms with Crippen LogP contribution in [0.3, 0.4) is 0 Å². The number of nitrogens with two attached hydrogens (primary N) is 1. The van der Waals surface area contributed by atoms with Crippen molar-refractivity contribution in [3.05, 3.63) is 60.2 Å². The monoisotopic (exact) mass is 367 g/mol. The quantitative estimate of drug-likeness (QED) is 0.701. The zero-order valence-electron chi connectivity index (χ0n) is 15.8. The van der Waals surface area contributed by atoms with Crippen LogP contribution in [0.15, 0.2) is 54.6 Å². The van der Waals surface area contributed by atoms with E-state index in [0.29, 0.717) is 13.0 Å². The number of carbonyl (C=O) groups is 1. The van der Waals surface area contributed by atoms with Crippen LogP contribution in [-0.4, -0.2) is 56.2 Å². The number of hydrogen-bond donors (Lipinski definition) is 2. The second-order valence-electron chi connectivity index (χ2n) is 6.97.